The topological polar surface area (TPSA) is 72.5 Å². The highest BCUT2D eigenvalue weighted by atomic mass is 35.5. The molecule has 0 atom stereocenters. The van der Waals surface area contributed by atoms with Gasteiger partial charge >= 0.3 is 0 Å². The first kappa shape index (κ1) is 20.6. The van der Waals surface area contributed by atoms with Gasteiger partial charge in [0.25, 0.3) is 10.0 Å². The number of carbonyl (C=O) groups is 1. The highest BCUT2D eigenvalue weighted by molar-refractivity contribution is 7.92. The third kappa shape index (κ3) is 5.47. The minimum absolute atomic E-state index is 0.0815. The monoisotopic (exact) mass is 427 g/mol. The van der Waals surface area contributed by atoms with E-state index in [4.69, 9.17) is 16.3 Å². The summed E-state index contributed by atoms with van der Waals surface area (Å²) >= 11 is 5.80. The van der Waals surface area contributed by atoms with Crippen LogP contribution in [0, 0.1) is 0 Å². The molecule has 3 rings (SSSR count). The van der Waals surface area contributed by atoms with Crippen LogP contribution in [0.1, 0.15) is 15.9 Å². The van der Waals surface area contributed by atoms with Crippen molar-refractivity contribution in [2.45, 2.75) is 4.90 Å². The number of halogens is 1. The van der Waals surface area contributed by atoms with E-state index >= 15 is 0 Å². The summed E-state index contributed by atoms with van der Waals surface area (Å²) in [5.74, 6) is 0.488. The summed E-state index contributed by atoms with van der Waals surface area (Å²) in [7, 11) is -2.20. The zero-order valence-corrected chi connectivity index (χ0v) is 17.1. The molecule has 0 aliphatic rings. The van der Waals surface area contributed by atoms with Gasteiger partial charge in [0.1, 0.15) is 5.75 Å². The van der Waals surface area contributed by atoms with E-state index in [1.54, 1.807) is 43.5 Å². The molecule has 3 aromatic carbocycles. The van der Waals surface area contributed by atoms with Gasteiger partial charge in [-0.25, -0.2) is 8.42 Å². The fraction of sp³-hybridized carbons (Fsp3) is 0.0455. The number of hydrogen-bond acceptors (Lipinski definition) is 4. The van der Waals surface area contributed by atoms with Crippen molar-refractivity contribution in [3.63, 3.8) is 0 Å². The summed E-state index contributed by atoms with van der Waals surface area (Å²) in [6, 6.07) is 19.4. The quantitative estimate of drug-likeness (QED) is 0.423. The number of ether oxygens (including phenoxy) is 1. The number of allylic oxidation sites excluding steroid dienone is 1. The average molecular weight is 428 g/mol. The van der Waals surface area contributed by atoms with Gasteiger partial charge in [0, 0.05) is 16.3 Å². The third-order valence-corrected chi connectivity index (χ3v) is 5.72. The Morgan fingerprint density at radius 1 is 1.00 bits per heavy atom. The van der Waals surface area contributed by atoms with E-state index in [1.165, 1.54) is 36.4 Å². The fourth-order valence-corrected chi connectivity index (χ4v) is 3.72. The minimum Gasteiger partial charge on any atom is -0.497 e. The normalized spacial score (nSPS) is 11.4. The highest BCUT2D eigenvalue weighted by Gasteiger charge is 2.14. The first-order valence-corrected chi connectivity index (χ1v) is 10.5. The molecular formula is C22H18ClNO4S. The van der Waals surface area contributed by atoms with Crippen molar-refractivity contribution in [3.8, 4) is 5.75 Å². The van der Waals surface area contributed by atoms with Crippen molar-refractivity contribution in [1.82, 2.24) is 0 Å². The molecule has 0 aromatic heterocycles. The molecule has 0 spiro atoms. The number of carbonyl (C=O) groups excluding carboxylic acids is 1. The van der Waals surface area contributed by atoms with E-state index in [0.29, 0.717) is 16.3 Å². The second-order valence-corrected chi connectivity index (χ2v) is 8.23. The van der Waals surface area contributed by atoms with Gasteiger partial charge < -0.3 is 4.74 Å². The van der Waals surface area contributed by atoms with Gasteiger partial charge in [-0.2, -0.15) is 0 Å². The Labute approximate surface area is 174 Å². The molecule has 0 heterocycles. The Kier molecular flexibility index (Phi) is 6.36. The Morgan fingerprint density at radius 3 is 2.34 bits per heavy atom. The molecule has 0 aliphatic heterocycles. The summed E-state index contributed by atoms with van der Waals surface area (Å²) in [6.45, 7) is 0. The fourth-order valence-electron chi connectivity index (χ4n) is 2.55. The second-order valence-electron chi connectivity index (χ2n) is 6.11. The molecule has 29 heavy (non-hydrogen) atoms. The number of nitrogens with one attached hydrogen (secondary N) is 1. The molecule has 0 saturated heterocycles. The van der Waals surface area contributed by atoms with Crippen molar-refractivity contribution < 1.29 is 17.9 Å². The molecule has 0 amide bonds. The predicted molar refractivity (Wildman–Crippen MR) is 115 cm³/mol. The maximum Gasteiger partial charge on any atom is 0.261 e. The van der Waals surface area contributed by atoms with Gasteiger partial charge in [0.2, 0.25) is 0 Å². The molecule has 0 bridgehead atoms. The van der Waals surface area contributed by atoms with Gasteiger partial charge in [-0.05, 0) is 60.2 Å². The van der Waals surface area contributed by atoms with Crippen LogP contribution in [0.15, 0.2) is 83.8 Å². The Hall–Kier alpha value is -3.09. The summed E-state index contributed by atoms with van der Waals surface area (Å²) in [4.78, 5) is 12.5. The number of hydrogen-bond donors (Lipinski definition) is 1. The summed E-state index contributed by atoms with van der Waals surface area (Å²) in [6.07, 6.45) is 3.13. The zero-order valence-electron chi connectivity index (χ0n) is 15.5. The van der Waals surface area contributed by atoms with Crippen LogP contribution in [0.2, 0.25) is 5.02 Å². The standard InChI is InChI=1S/C22H18ClNO4S/c1-28-20-10-5-16(6-11-20)7-14-22(25)17-3-2-4-19(15-17)24-29(26,27)21-12-8-18(23)9-13-21/h2-15,24H,1H3/b14-7+. The van der Waals surface area contributed by atoms with E-state index in [1.807, 2.05) is 12.1 Å². The van der Waals surface area contributed by atoms with Crippen LogP contribution in [0.4, 0.5) is 5.69 Å². The Balaban J connectivity index is 1.75. The molecule has 148 valence electrons. The van der Waals surface area contributed by atoms with Crippen LogP contribution < -0.4 is 9.46 Å². The molecule has 0 saturated carbocycles. The lowest BCUT2D eigenvalue weighted by atomic mass is 10.1. The summed E-state index contributed by atoms with van der Waals surface area (Å²) < 4.78 is 32.6. The Bertz CT molecular complexity index is 1140. The van der Waals surface area contributed by atoms with Gasteiger partial charge in [0.05, 0.1) is 12.0 Å². The number of anilines is 1. The van der Waals surface area contributed by atoms with Crippen molar-refractivity contribution in [2.24, 2.45) is 0 Å². The van der Waals surface area contributed by atoms with Crippen LogP contribution in [0.5, 0.6) is 5.75 Å². The van der Waals surface area contributed by atoms with Crippen molar-refractivity contribution in [3.05, 3.63) is 95.0 Å². The van der Waals surface area contributed by atoms with Crippen LogP contribution in [-0.2, 0) is 10.0 Å². The predicted octanol–water partition coefficient (Wildman–Crippen LogP) is 5.05. The van der Waals surface area contributed by atoms with Crippen molar-refractivity contribution in [1.29, 1.82) is 0 Å². The molecule has 0 radical (unpaired) electrons. The molecule has 7 heteroatoms. The molecule has 0 unspecified atom stereocenters. The van der Waals surface area contributed by atoms with Crippen LogP contribution in [0.3, 0.4) is 0 Å². The first-order valence-electron chi connectivity index (χ1n) is 8.62. The molecule has 3 aromatic rings. The number of benzene rings is 3. The molecule has 5 nitrogen and oxygen atoms in total. The third-order valence-electron chi connectivity index (χ3n) is 4.07. The highest BCUT2D eigenvalue weighted by Crippen LogP contribution is 2.20. The summed E-state index contributed by atoms with van der Waals surface area (Å²) in [5, 5.41) is 0.445. The van der Waals surface area contributed by atoms with Crippen molar-refractivity contribution in [2.75, 3.05) is 11.8 Å². The van der Waals surface area contributed by atoms with Gasteiger partial charge in [-0.15, -0.1) is 0 Å². The maximum atomic E-state index is 12.5. The first-order chi connectivity index (χ1) is 13.9. The van der Waals surface area contributed by atoms with Crippen LogP contribution >= 0.6 is 11.6 Å². The van der Waals surface area contributed by atoms with Crippen molar-refractivity contribution >= 4 is 39.2 Å². The van der Waals surface area contributed by atoms with E-state index in [0.717, 1.165) is 11.3 Å². The van der Waals surface area contributed by atoms with E-state index in [9.17, 15) is 13.2 Å². The van der Waals surface area contributed by atoms with E-state index in [-0.39, 0.29) is 10.7 Å². The molecule has 0 fully saturated rings. The van der Waals surface area contributed by atoms with Crippen LogP contribution in [-0.4, -0.2) is 21.3 Å². The van der Waals surface area contributed by atoms with Crippen LogP contribution in [0.25, 0.3) is 6.08 Å². The molecule has 0 aliphatic carbocycles. The number of ketones is 1. The number of methoxy groups -OCH3 is 1. The average Bonchev–Trinajstić information content (AvgIpc) is 2.72. The lowest BCUT2D eigenvalue weighted by molar-refractivity contribution is 0.104. The molecular weight excluding hydrogens is 410 g/mol. The van der Waals surface area contributed by atoms with Gasteiger partial charge in [-0.3, -0.25) is 9.52 Å². The number of rotatable bonds is 7. The van der Waals surface area contributed by atoms with Gasteiger partial charge in [-0.1, -0.05) is 41.9 Å². The number of sulfonamides is 1. The van der Waals surface area contributed by atoms with Gasteiger partial charge in [0.15, 0.2) is 5.78 Å². The lowest BCUT2D eigenvalue weighted by Crippen LogP contribution is -2.13. The molecule has 1 N–H and O–H groups in total. The van der Waals surface area contributed by atoms with E-state index in [2.05, 4.69) is 4.72 Å². The second kappa shape index (κ2) is 8.94. The smallest absolute Gasteiger partial charge is 0.261 e. The largest absolute Gasteiger partial charge is 0.497 e. The lowest BCUT2D eigenvalue weighted by Gasteiger charge is -2.09. The Morgan fingerprint density at radius 2 is 1.69 bits per heavy atom. The minimum atomic E-state index is -3.78. The maximum absolute atomic E-state index is 12.5. The summed E-state index contributed by atoms with van der Waals surface area (Å²) in [5.41, 5.74) is 1.51. The SMILES string of the molecule is COc1ccc(/C=C/C(=O)c2cccc(NS(=O)(=O)c3ccc(Cl)cc3)c2)cc1. The van der Waals surface area contributed by atoms with E-state index < -0.39 is 10.0 Å². The zero-order chi connectivity index (χ0) is 20.9.